The van der Waals surface area contributed by atoms with E-state index >= 15 is 0 Å². The standard InChI is InChI=1S/C13H10N2O5/c16-12(8-5-11(13(17)18)20-15-8)14-9-6-19-10-4-2-1-3-7(9)10/h1-5,9H,6H2,(H,14,16)(H,17,18). The molecule has 20 heavy (non-hydrogen) atoms. The largest absolute Gasteiger partial charge is 0.491 e. The first-order valence-electron chi connectivity index (χ1n) is 5.88. The van der Waals surface area contributed by atoms with E-state index in [-0.39, 0.29) is 17.5 Å². The first-order chi connectivity index (χ1) is 9.65. The Labute approximate surface area is 113 Å². The minimum absolute atomic E-state index is 0.0771. The molecule has 102 valence electrons. The summed E-state index contributed by atoms with van der Waals surface area (Å²) in [6.07, 6.45) is 0. The summed E-state index contributed by atoms with van der Waals surface area (Å²) in [6.45, 7) is 0.328. The maximum atomic E-state index is 12.0. The molecule has 0 fully saturated rings. The van der Waals surface area contributed by atoms with Crippen LogP contribution in [0.15, 0.2) is 34.9 Å². The second kappa shape index (κ2) is 4.69. The third-order valence-electron chi connectivity index (χ3n) is 2.96. The summed E-state index contributed by atoms with van der Waals surface area (Å²) in [6, 6.07) is 8.17. The highest BCUT2D eigenvalue weighted by atomic mass is 16.5. The SMILES string of the molecule is O=C(NC1COc2ccccc21)c1cc(C(=O)O)on1. The van der Waals surface area contributed by atoms with Gasteiger partial charge in [0.05, 0.1) is 6.04 Å². The zero-order valence-electron chi connectivity index (χ0n) is 10.2. The predicted molar refractivity (Wildman–Crippen MR) is 65.6 cm³/mol. The van der Waals surface area contributed by atoms with Crippen LogP contribution in [0.3, 0.4) is 0 Å². The van der Waals surface area contributed by atoms with Gasteiger partial charge in [0.25, 0.3) is 5.91 Å². The molecular formula is C13H10N2O5. The van der Waals surface area contributed by atoms with Crippen LogP contribution in [0.25, 0.3) is 0 Å². The molecule has 1 amide bonds. The fourth-order valence-electron chi connectivity index (χ4n) is 2.00. The van der Waals surface area contributed by atoms with Crippen molar-refractivity contribution in [2.45, 2.75) is 6.04 Å². The van der Waals surface area contributed by atoms with Gasteiger partial charge < -0.3 is 19.7 Å². The topological polar surface area (TPSA) is 102 Å². The van der Waals surface area contributed by atoms with E-state index in [1.165, 1.54) is 0 Å². The number of fused-ring (bicyclic) bond motifs is 1. The van der Waals surface area contributed by atoms with Crippen LogP contribution in [-0.2, 0) is 0 Å². The highest BCUT2D eigenvalue weighted by Gasteiger charge is 2.27. The van der Waals surface area contributed by atoms with E-state index in [9.17, 15) is 9.59 Å². The first kappa shape index (κ1) is 12.2. The molecule has 1 unspecified atom stereocenters. The molecule has 2 heterocycles. The number of ether oxygens (including phenoxy) is 1. The third-order valence-corrected chi connectivity index (χ3v) is 2.96. The van der Waals surface area contributed by atoms with E-state index in [1.54, 1.807) is 0 Å². The van der Waals surface area contributed by atoms with Gasteiger partial charge in [0.2, 0.25) is 5.76 Å². The molecule has 0 bridgehead atoms. The van der Waals surface area contributed by atoms with Gasteiger partial charge in [-0.2, -0.15) is 0 Å². The molecule has 2 aromatic rings. The van der Waals surface area contributed by atoms with Crippen LogP contribution in [0.1, 0.15) is 32.6 Å². The van der Waals surface area contributed by atoms with E-state index in [0.717, 1.165) is 17.4 Å². The Hall–Kier alpha value is -2.83. The monoisotopic (exact) mass is 274 g/mol. The number of hydrogen-bond acceptors (Lipinski definition) is 5. The van der Waals surface area contributed by atoms with Gasteiger partial charge in [0.15, 0.2) is 5.69 Å². The molecule has 7 nitrogen and oxygen atoms in total. The Kier molecular flexibility index (Phi) is 2.86. The van der Waals surface area contributed by atoms with Crippen molar-refractivity contribution in [3.63, 3.8) is 0 Å². The number of nitrogens with zero attached hydrogens (tertiary/aromatic N) is 1. The highest BCUT2D eigenvalue weighted by molar-refractivity contribution is 5.95. The van der Waals surface area contributed by atoms with E-state index in [0.29, 0.717) is 6.61 Å². The second-order valence-electron chi connectivity index (χ2n) is 4.26. The fourth-order valence-corrected chi connectivity index (χ4v) is 2.00. The molecule has 0 spiro atoms. The Balaban J connectivity index is 1.75. The van der Waals surface area contributed by atoms with E-state index in [1.807, 2.05) is 24.3 Å². The summed E-state index contributed by atoms with van der Waals surface area (Å²) >= 11 is 0. The molecule has 2 N–H and O–H groups in total. The van der Waals surface area contributed by atoms with Gasteiger partial charge >= 0.3 is 5.97 Å². The minimum Gasteiger partial charge on any atom is -0.491 e. The van der Waals surface area contributed by atoms with Crippen molar-refractivity contribution in [3.05, 3.63) is 47.3 Å². The van der Waals surface area contributed by atoms with Crippen LogP contribution in [0, 0.1) is 0 Å². The lowest BCUT2D eigenvalue weighted by Gasteiger charge is -2.09. The van der Waals surface area contributed by atoms with Crippen molar-refractivity contribution in [1.29, 1.82) is 0 Å². The number of hydrogen-bond donors (Lipinski definition) is 2. The molecule has 1 aliphatic heterocycles. The molecule has 1 atom stereocenters. The second-order valence-corrected chi connectivity index (χ2v) is 4.26. The number of carboxylic acids is 1. The maximum Gasteiger partial charge on any atom is 0.374 e. The average Bonchev–Trinajstić information content (AvgIpc) is 3.06. The zero-order chi connectivity index (χ0) is 14.1. The summed E-state index contributed by atoms with van der Waals surface area (Å²) < 4.78 is 9.98. The Morgan fingerprint density at radius 1 is 1.35 bits per heavy atom. The molecular weight excluding hydrogens is 264 g/mol. The first-order valence-corrected chi connectivity index (χ1v) is 5.88. The molecule has 1 aliphatic rings. The molecule has 3 rings (SSSR count). The van der Waals surface area contributed by atoms with Gasteiger partial charge in [0.1, 0.15) is 12.4 Å². The van der Waals surface area contributed by atoms with Gasteiger partial charge in [-0.25, -0.2) is 4.79 Å². The molecule has 0 radical (unpaired) electrons. The number of amides is 1. The van der Waals surface area contributed by atoms with Crippen molar-refractivity contribution >= 4 is 11.9 Å². The number of carbonyl (C=O) groups is 2. The number of aromatic carboxylic acids is 1. The molecule has 0 aliphatic carbocycles. The van der Waals surface area contributed by atoms with Gasteiger partial charge in [-0.3, -0.25) is 4.79 Å². The van der Waals surface area contributed by atoms with Crippen LogP contribution in [0.2, 0.25) is 0 Å². The average molecular weight is 274 g/mol. The van der Waals surface area contributed by atoms with Crippen LogP contribution in [0.4, 0.5) is 0 Å². The molecule has 7 heteroatoms. The lowest BCUT2D eigenvalue weighted by atomic mass is 10.1. The maximum absolute atomic E-state index is 12.0. The van der Waals surface area contributed by atoms with Gasteiger partial charge in [-0.1, -0.05) is 23.4 Å². The van der Waals surface area contributed by atoms with Gasteiger partial charge in [-0.15, -0.1) is 0 Å². The lowest BCUT2D eigenvalue weighted by Crippen LogP contribution is -2.29. The van der Waals surface area contributed by atoms with Crippen molar-refractivity contribution in [2.75, 3.05) is 6.61 Å². The number of carbonyl (C=O) groups excluding carboxylic acids is 1. The Morgan fingerprint density at radius 2 is 2.15 bits per heavy atom. The quantitative estimate of drug-likeness (QED) is 0.873. The summed E-state index contributed by atoms with van der Waals surface area (Å²) in [5.41, 5.74) is 0.801. The van der Waals surface area contributed by atoms with Crippen molar-refractivity contribution in [3.8, 4) is 5.75 Å². The van der Waals surface area contributed by atoms with Crippen LogP contribution in [-0.4, -0.2) is 28.7 Å². The number of rotatable bonds is 3. The van der Waals surface area contributed by atoms with Crippen molar-refractivity contribution in [1.82, 2.24) is 10.5 Å². The number of nitrogens with one attached hydrogen (secondary N) is 1. The fraction of sp³-hybridized carbons (Fsp3) is 0.154. The van der Waals surface area contributed by atoms with E-state index in [4.69, 9.17) is 9.84 Å². The number of para-hydroxylation sites is 1. The number of carboxylic acid groups (broad SMARTS) is 1. The summed E-state index contributed by atoms with van der Waals surface area (Å²) in [5, 5.41) is 14.9. The molecule has 1 aromatic carbocycles. The van der Waals surface area contributed by atoms with Crippen LogP contribution < -0.4 is 10.1 Å². The van der Waals surface area contributed by atoms with Crippen molar-refractivity contribution < 1.29 is 24.0 Å². The normalized spacial score (nSPS) is 16.3. The third kappa shape index (κ3) is 2.09. The number of aromatic nitrogens is 1. The molecule has 0 saturated heterocycles. The van der Waals surface area contributed by atoms with Gasteiger partial charge in [0, 0.05) is 11.6 Å². The summed E-state index contributed by atoms with van der Waals surface area (Å²) in [7, 11) is 0. The van der Waals surface area contributed by atoms with E-state index < -0.39 is 11.9 Å². The van der Waals surface area contributed by atoms with Crippen molar-refractivity contribution in [2.24, 2.45) is 0 Å². The van der Waals surface area contributed by atoms with Crippen LogP contribution in [0.5, 0.6) is 5.75 Å². The predicted octanol–water partition coefficient (Wildman–Crippen LogP) is 1.24. The Bertz CT molecular complexity index is 679. The Morgan fingerprint density at radius 3 is 2.90 bits per heavy atom. The lowest BCUT2D eigenvalue weighted by molar-refractivity contribution is 0.0651. The van der Waals surface area contributed by atoms with Crippen LogP contribution >= 0.6 is 0 Å². The summed E-state index contributed by atoms with van der Waals surface area (Å²) in [4.78, 5) is 22.6. The van der Waals surface area contributed by atoms with Gasteiger partial charge in [-0.05, 0) is 6.07 Å². The molecule has 0 saturated carbocycles. The number of benzene rings is 1. The smallest absolute Gasteiger partial charge is 0.374 e. The zero-order valence-corrected chi connectivity index (χ0v) is 10.2. The minimum atomic E-state index is -1.27. The van der Waals surface area contributed by atoms with E-state index in [2.05, 4.69) is 15.0 Å². The molecule has 1 aromatic heterocycles. The highest BCUT2D eigenvalue weighted by Crippen LogP contribution is 2.31. The summed E-state index contributed by atoms with van der Waals surface area (Å²) in [5.74, 6) is -1.43.